The minimum Gasteiger partial charge on any atom is -1.00 e. The SMILES string of the molecule is C[N+](C)(CCCN)CCNC(=O)c1nc(Cl)c(N)nc1N.[Br-]. The number of hydrogen-bond acceptors (Lipinski definition) is 6. The Morgan fingerprint density at radius 3 is 2.45 bits per heavy atom. The maximum atomic E-state index is 12.0. The van der Waals surface area contributed by atoms with E-state index in [2.05, 4.69) is 29.4 Å². The first kappa shape index (κ1) is 20.8. The molecule has 7 N–H and O–H groups in total. The number of halogens is 2. The molecule has 10 heteroatoms. The van der Waals surface area contributed by atoms with E-state index < -0.39 is 5.91 Å². The molecule has 1 aromatic rings. The van der Waals surface area contributed by atoms with Crippen molar-refractivity contribution >= 4 is 29.1 Å². The third-order valence-electron chi connectivity index (χ3n) is 3.09. The number of aromatic nitrogens is 2. The highest BCUT2D eigenvalue weighted by atomic mass is 79.9. The highest BCUT2D eigenvalue weighted by Crippen LogP contribution is 2.17. The van der Waals surface area contributed by atoms with Crippen molar-refractivity contribution in [3.8, 4) is 0 Å². The second-order valence-electron chi connectivity index (χ2n) is 5.41. The minimum atomic E-state index is -0.416. The van der Waals surface area contributed by atoms with Gasteiger partial charge in [-0.2, -0.15) is 0 Å². The molecule has 0 aliphatic carbocycles. The third kappa shape index (κ3) is 6.30. The summed E-state index contributed by atoms with van der Waals surface area (Å²) in [5.41, 5.74) is 16.6. The van der Waals surface area contributed by atoms with Crippen LogP contribution in [-0.4, -0.2) is 60.6 Å². The second kappa shape index (κ2) is 9.09. The molecule has 1 aromatic heterocycles. The lowest BCUT2D eigenvalue weighted by atomic mass is 10.3. The van der Waals surface area contributed by atoms with Gasteiger partial charge in [-0.25, -0.2) is 9.97 Å². The predicted octanol–water partition coefficient (Wildman–Crippen LogP) is -3.55. The number of amides is 1. The van der Waals surface area contributed by atoms with Gasteiger partial charge >= 0.3 is 0 Å². The number of nitrogens with two attached hydrogens (primary N) is 3. The Bertz CT molecular complexity index is 512. The van der Waals surface area contributed by atoms with Crippen molar-refractivity contribution in [1.82, 2.24) is 15.3 Å². The highest BCUT2D eigenvalue weighted by Gasteiger charge is 2.18. The summed E-state index contributed by atoms with van der Waals surface area (Å²) in [6.45, 7) is 2.85. The van der Waals surface area contributed by atoms with Crippen molar-refractivity contribution in [3.63, 3.8) is 0 Å². The van der Waals surface area contributed by atoms with Gasteiger partial charge in [0.2, 0.25) is 0 Å². The summed E-state index contributed by atoms with van der Waals surface area (Å²) in [5, 5.41) is 2.72. The molecule has 0 fully saturated rings. The molecule has 0 atom stereocenters. The van der Waals surface area contributed by atoms with E-state index in [1.165, 1.54) is 0 Å². The van der Waals surface area contributed by atoms with Gasteiger partial charge in [-0.3, -0.25) is 4.79 Å². The number of rotatable bonds is 7. The van der Waals surface area contributed by atoms with E-state index in [0.717, 1.165) is 24.0 Å². The lowest BCUT2D eigenvalue weighted by Crippen LogP contribution is -3.00. The summed E-state index contributed by atoms with van der Waals surface area (Å²) in [4.78, 5) is 19.6. The zero-order valence-electron chi connectivity index (χ0n) is 12.8. The van der Waals surface area contributed by atoms with Crippen LogP contribution in [0.15, 0.2) is 0 Å². The van der Waals surface area contributed by atoms with Gasteiger partial charge in [0.15, 0.2) is 22.5 Å². The molecule has 22 heavy (non-hydrogen) atoms. The lowest BCUT2D eigenvalue weighted by molar-refractivity contribution is -0.889. The molecule has 0 saturated carbocycles. The van der Waals surface area contributed by atoms with Crippen molar-refractivity contribution in [1.29, 1.82) is 0 Å². The van der Waals surface area contributed by atoms with Crippen molar-refractivity contribution in [2.45, 2.75) is 6.42 Å². The number of nitrogens with one attached hydrogen (secondary N) is 1. The van der Waals surface area contributed by atoms with Crippen LogP contribution in [0.2, 0.25) is 5.15 Å². The van der Waals surface area contributed by atoms with Gasteiger partial charge in [-0.1, -0.05) is 11.6 Å². The number of hydrogen-bond donors (Lipinski definition) is 4. The molecule has 0 saturated heterocycles. The first-order valence-corrected chi connectivity index (χ1v) is 7.03. The van der Waals surface area contributed by atoms with Crippen LogP contribution in [0.25, 0.3) is 0 Å². The summed E-state index contributed by atoms with van der Waals surface area (Å²) in [5.74, 6) is -0.447. The second-order valence-corrected chi connectivity index (χ2v) is 5.77. The summed E-state index contributed by atoms with van der Waals surface area (Å²) in [6, 6.07) is 0. The topological polar surface area (TPSA) is 133 Å². The largest absolute Gasteiger partial charge is 1.00 e. The molecule has 0 spiro atoms. The molecule has 0 unspecified atom stereocenters. The van der Waals surface area contributed by atoms with Gasteiger partial charge in [0, 0.05) is 6.42 Å². The first-order chi connectivity index (χ1) is 9.76. The number of anilines is 2. The van der Waals surface area contributed by atoms with E-state index in [9.17, 15) is 4.79 Å². The van der Waals surface area contributed by atoms with Crippen molar-refractivity contribution in [2.75, 3.05) is 51.7 Å². The van der Waals surface area contributed by atoms with Gasteiger partial charge in [-0.15, -0.1) is 0 Å². The van der Waals surface area contributed by atoms with Crippen molar-refractivity contribution < 1.29 is 26.3 Å². The smallest absolute Gasteiger partial charge is 0.273 e. The quantitative estimate of drug-likeness (QED) is 0.353. The number of carbonyl (C=O) groups is 1. The fourth-order valence-corrected chi connectivity index (χ4v) is 1.92. The lowest BCUT2D eigenvalue weighted by Gasteiger charge is -2.29. The average molecular weight is 397 g/mol. The minimum absolute atomic E-state index is 0. The van der Waals surface area contributed by atoms with Crippen LogP contribution in [0.5, 0.6) is 0 Å². The number of carbonyl (C=O) groups excluding carboxylic acids is 1. The highest BCUT2D eigenvalue weighted by molar-refractivity contribution is 6.31. The summed E-state index contributed by atoms with van der Waals surface area (Å²) < 4.78 is 0.765. The van der Waals surface area contributed by atoms with Gasteiger partial charge in [0.25, 0.3) is 5.91 Å². The summed E-state index contributed by atoms with van der Waals surface area (Å²) in [7, 11) is 4.16. The average Bonchev–Trinajstić information content (AvgIpc) is 2.40. The Balaban J connectivity index is 0.00000441. The monoisotopic (exact) mass is 395 g/mol. The zero-order chi connectivity index (χ0) is 16.0. The van der Waals surface area contributed by atoms with Gasteiger partial charge in [-0.05, 0) is 6.54 Å². The molecule has 0 aliphatic heterocycles. The Morgan fingerprint density at radius 2 is 1.86 bits per heavy atom. The standard InChI is InChI=1S/C12H22ClN7O.BrH/c1-20(2,6-3-4-14)7-5-17-12(21)8-10(15)19-11(16)9(13)18-8;/h3-7,14H2,1-2H3,(H4-,15,16,17,19,21);1H. The normalized spacial score (nSPS) is 10.9. The maximum absolute atomic E-state index is 12.0. The van der Waals surface area contributed by atoms with Crippen molar-refractivity contribution in [2.24, 2.45) is 5.73 Å². The molecule has 0 bridgehead atoms. The molecule has 1 heterocycles. The molecule has 0 aromatic carbocycles. The Morgan fingerprint density at radius 1 is 1.23 bits per heavy atom. The summed E-state index contributed by atoms with van der Waals surface area (Å²) >= 11 is 5.74. The number of nitrogen functional groups attached to an aromatic ring is 2. The van der Waals surface area contributed by atoms with Gasteiger partial charge in [0.05, 0.1) is 33.7 Å². The Kier molecular flexibility index (Phi) is 8.61. The fourth-order valence-electron chi connectivity index (χ4n) is 1.80. The zero-order valence-corrected chi connectivity index (χ0v) is 15.1. The molecule has 0 radical (unpaired) electrons. The number of quaternary nitrogens is 1. The van der Waals surface area contributed by atoms with E-state index in [4.69, 9.17) is 28.8 Å². The number of likely N-dealkylation sites (N-methyl/N-ethyl adjacent to an activating group) is 1. The van der Waals surface area contributed by atoms with E-state index in [0.29, 0.717) is 13.1 Å². The van der Waals surface area contributed by atoms with Crippen LogP contribution in [0.1, 0.15) is 16.9 Å². The van der Waals surface area contributed by atoms with Crippen molar-refractivity contribution in [3.05, 3.63) is 10.8 Å². The molecule has 1 rings (SSSR count). The Hall–Kier alpha value is -1.16. The molecular weight excluding hydrogens is 374 g/mol. The van der Waals surface area contributed by atoms with E-state index in [-0.39, 0.29) is 39.5 Å². The van der Waals surface area contributed by atoms with Crippen LogP contribution in [0, 0.1) is 0 Å². The molecular formula is C12H23BrClN7O. The van der Waals surface area contributed by atoms with Crippen LogP contribution in [0.4, 0.5) is 11.6 Å². The third-order valence-corrected chi connectivity index (χ3v) is 3.37. The molecule has 126 valence electrons. The Labute approximate surface area is 145 Å². The van der Waals surface area contributed by atoms with Crippen LogP contribution < -0.4 is 39.5 Å². The molecule has 1 amide bonds. The molecule has 8 nitrogen and oxygen atoms in total. The molecule has 0 aliphatic rings. The maximum Gasteiger partial charge on any atom is 0.273 e. The van der Waals surface area contributed by atoms with E-state index in [1.54, 1.807) is 0 Å². The van der Waals surface area contributed by atoms with Crippen LogP contribution in [0.3, 0.4) is 0 Å². The van der Waals surface area contributed by atoms with E-state index >= 15 is 0 Å². The first-order valence-electron chi connectivity index (χ1n) is 6.65. The predicted molar refractivity (Wildman–Crippen MR) is 83.7 cm³/mol. The van der Waals surface area contributed by atoms with Gasteiger partial charge in [0.1, 0.15) is 0 Å². The summed E-state index contributed by atoms with van der Waals surface area (Å²) in [6.07, 6.45) is 0.937. The van der Waals surface area contributed by atoms with E-state index in [1.807, 2.05) is 0 Å². The fraction of sp³-hybridized carbons (Fsp3) is 0.583. The van der Waals surface area contributed by atoms with Crippen LogP contribution in [-0.2, 0) is 0 Å². The number of nitrogens with zero attached hydrogens (tertiary/aromatic N) is 3. The van der Waals surface area contributed by atoms with Gasteiger partial charge < -0.3 is 44.0 Å². The van der Waals surface area contributed by atoms with Crippen LogP contribution >= 0.6 is 11.6 Å².